The van der Waals surface area contributed by atoms with Crippen LogP contribution in [0.4, 0.5) is 5.82 Å². The zero-order chi connectivity index (χ0) is 25.3. The summed E-state index contributed by atoms with van der Waals surface area (Å²) in [5.74, 6) is 2.57. The molecule has 0 aliphatic heterocycles. The summed E-state index contributed by atoms with van der Waals surface area (Å²) in [7, 11) is 5.34. The van der Waals surface area contributed by atoms with Gasteiger partial charge in [0, 0.05) is 37.0 Å². The van der Waals surface area contributed by atoms with Crippen molar-refractivity contribution in [2.75, 3.05) is 26.5 Å². The average molecular weight is 473 g/mol. The first-order chi connectivity index (χ1) is 16.7. The first kappa shape index (κ1) is 24.7. The fourth-order valence-corrected chi connectivity index (χ4v) is 5.00. The highest BCUT2D eigenvalue weighted by molar-refractivity contribution is 5.94. The predicted molar refractivity (Wildman–Crippen MR) is 143 cm³/mol. The number of nitrogens with one attached hydrogen (secondary N) is 1. The van der Waals surface area contributed by atoms with Gasteiger partial charge in [-0.15, -0.1) is 0 Å². The van der Waals surface area contributed by atoms with Gasteiger partial charge in [0.05, 0.1) is 18.7 Å². The van der Waals surface area contributed by atoms with Crippen LogP contribution in [0.1, 0.15) is 60.3 Å². The van der Waals surface area contributed by atoms with Gasteiger partial charge >= 0.3 is 0 Å². The van der Waals surface area contributed by atoms with Gasteiger partial charge in [0.25, 0.3) is 0 Å². The molecule has 6 heteroatoms. The highest BCUT2D eigenvalue weighted by Gasteiger charge is 2.25. The lowest BCUT2D eigenvalue weighted by molar-refractivity contribution is -0.133. The maximum atomic E-state index is 12.4. The van der Waals surface area contributed by atoms with Gasteiger partial charge < -0.3 is 15.0 Å². The Bertz CT molecular complexity index is 1300. The number of carbonyl (C=O) groups is 1. The molecule has 0 saturated carbocycles. The average Bonchev–Trinajstić information content (AvgIpc) is 2.84. The Hall–Kier alpha value is -3.41. The summed E-state index contributed by atoms with van der Waals surface area (Å²) in [5, 5.41) is 4.62. The molecule has 3 aromatic rings. The number of methoxy groups -OCH3 is 1. The number of aromatic nitrogens is 2. The number of hydrogen-bond donors (Lipinski definition) is 1. The van der Waals surface area contributed by atoms with Gasteiger partial charge in [0.2, 0.25) is 5.91 Å². The molecule has 0 fully saturated rings. The fraction of sp³-hybridized carbons (Fsp3) is 0.414. The SMILES string of the molecule is COc1cc2nc(C)nc(N[C@@H](C)c3cccc(C)c3C)c2cc1C1=CCC(C(=O)N(C)C)CC1. The van der Waals surface area contributed by atoms with Gasteiger partial charge in [0.15, 0.2) is 0 Å². The smallest absolute Gasteiger partial charge is 0.225 e. The number of allylic oxidation sites excluding steroid dienone is 2. The summed E-state index contributed by atoms with van der Waals surface area (Å²) in [6.45, 7) is 8.39. The van der Waals surface area contributed by atoms with E-state index < -0.39 is 0 Å². The number of ether oxygens (including phenoxy) is 1. The topological polar surface area (TPSA) is 67.4 Å². The monoisotopic (exact) mass is 472 g/mol. The molecular formula is C29H36N4O2. The molecule has 184 valence electrons. The van der Waals surface area contributed by atoms with E-state index in [0.717, 1.165) is 47.3 Å². The normalized spacial score (nSPS) is 16.5. The number of fused-ring (bicyclic) bond motifs is 1. The first-order valence-electron chi connectivity index (χ1n) is 12.3. The van der Waals surface area contributed by atoms with Crippen LogP contribution < -0.4 is 10.1 Å². The standard InChI is InChI=1S/C29H36N4O2/c1-17-9-8-10-23(18(17)2)19(3)30-28-25-15-24(27(35-7)16-26(25)31-20(4)32-28)21-11-13-22(14-12-21)29(34)33(5)6/h8-11,15-16,19,22H,12-14H2,1-7H3,(H,30,31,32)/t19-,22?/m0/s1. The minimum absolute atomic E-state index is 0.0434. The number of nitrogens with zero attached hydrogens (tertiary/aromatic N) is 3. The Morgan fingerprint density at radius 1 is 1.17 bits per heavy atom. The second-order valence-corrected chi connectivity index (χ2v) is 9.78. The summed E-state index contributed by atoms with van der Waals surface area (Å²) in [6.07, 6.45) is 4.61. The van der Waals surface area contributed by atoms with Crippen LogP contribution in [-0.4, -0.2) is 42.0 Å². The Morgan fingerprint density at radius 2 is 1.94 bits per heavy atom. The zero-order valence-electron chi connectivity index (χ0n) is 21.9. The molecule has 1 heterocycles. The van der Waals surface area contributed by atoms with Crippen molar-refractivity contribution in [3.63, 3.8) is 0 Å². The summed E-state index contributed by atoms with van der Waals surface area (Å²) < 4.78 is 5.78. The van der Waals surface area contributed by atoms with E-state index in [1.54, 1.807) is 12.0 Å². The largest absolute Gasteiger partial charge is 0.496 e. The van der Waals surface area contributed by atoms with Gasteiger partial charge in [-0.1, -0.05) is 24.3 Å². The summed E-state index contributed by atoms with van der Waals surface area (Å²) in [4.78, 5) is 23.6. The zero-order valence-corrected chi connectivity index (χ0v) is 21.9. The van der Waals surface area contributed by atoms with E-state index in [1.165, 1.54) is 22.3 Å². The molecule has 1 amide bonds. The van der Waals surface area contributed by atoms with Gasteiger partial charge in [0.1, 0.15) is 17.4 Å². The molecule has 2 atom stereocenters. The van der Waals surface area contributed by atoms with Crippen molar-refractivity contribution >= 4 is 28.2 Å². The van der Waals surface area contributed by atoms with E-state index in [9.17, 15) is 4.79 Å². The number of aryl methyl sites for hydroxylation is 2. The Morgan fingerprint density at radius 3 is 2.60 bits per heavy atom. The lowest BCUT2D eigenvalue weighted by Gasteiger charge is -2.25. The van der Waals surface area contributed by atoms with Crippen LogP contribution >= 0.6 is 0 Å². The van der Waals surface area contributed by atoms with E-state index in [-0.39, 0.29) is 17.9 Å². The van der Waals surface area contributed by atoms with Crippen molar-refractivity contribution in [3.8, 4) is 5.75 Å². The molecule has 1 aromatic heterocycles. The number of rotatable bonds is 6. The summed E-state index contributed by atoms with van der Waals surface area (Å²) in [6, 6.07) is 10.7. The second kappa shape index (κ2) is 10.1. The van der Waals surface area contributed by atoms with E-state index >= 15 is 0 Å². The summed E-state index contributed by atoms with van der Waals surface area (Å²) in [5.41, 5.74) is 6.94. The minimum Gasteiger partial charge on any atom is -0.496 e. The molecule has 1 unspecified atom stereocenters. The maximum Gasteiger partial charge on any atom is 0.225 e. The van der Waals surface area contributed by atoms with Crippen molar-refractivity contribution in [2.45, 2.75) is 53.0 Å². The second-order valence-electron chi connectivity index (χ2n) is 9.78. The molecule has 0 radical (unpaired) electrons. The van der Waals surface area contributed by atoms with E-state index in [0.29, 0.717) is 5.82 Å². The molecule has 1 aliphatic rings. The van der Waals surface area contributed by atoms with Gasteiger partial charge in [-0.25, -0.2) is 9.97 Å². The minimum atomic E-state index is 0.0434. The van der Waals surface area contributed by atoms with E-state index in [2.05, 4.69) is 56.4 Å². The molecule has 35 heavy (non-hydrogen) atoms. The van der Waals surface area contributed by atoms with Crippen LogP contribution in [0.2, 0.25) is 0 Å². The van der Waals surface area contributed by atoms with Crippen LogP contribution in [0.3, 0.4) is 0 Å². The first-order valence-corrected chi connectivity index (χ1v) is 12.3. The quantitative estimate of drug-likeness (QED) is 0.476. The van der Waals surface area contributed by atoms with E-state index in [4.69, 9.17) is 14.7 Å². The molecule has 0 bridgehead atoms. The van der Waals surface area contributed by atoms with E-state index in [1.807, 2.05) is 27.1 Å². The van der Waals surface area contributed by atoms with Gasteiger partial charge in [-0.2, -0.15) is 0 Å². The molecule has 0 saturated heterocycles. The Kier molecular flexibility index (Phi) is 7.10. The fourth-order valence-electron chi connectivity index (χ4n) is 5.00. The number of benzene rings is 2. The molecular weight excluding hydrogens is 436 g/mol. The van der Waals surface area contributed by atoms with Crippen molar-refractivity contribution in [1.82, 2.24) is 14.9 Å². The third-order valence-corrected chi connectivity index (χ3v) is 7.14. The molecule has 4 rings (SSSR count). The Balaban J connectivity index is 1.73. The van der Waals surface area contributed by atoms with Crippen molar-refractivity contribution in [1.29, 1.82) is 0 Å². The number of amides is 1. The number of hydrogen-bond acceptors (Lipinski definition) is 5. The van der Waals surface area contributed by atoms with Crippen LogP contribution in [0.25, 0.3) is 16.5 Å². The third-order valence-electron chi connectivity index (χ3n) is 7.14. The van der Waals surface area contributed by atoms with Crippen molar-refractivity contribution in [2.24, 2.45) is 5.92 Å². The lowest BCUT2D eigenvalue weighted by atomic mass is 9.85. The molecule has 6 nitrogen and oxygen atoms in total. The highest BCUT2D eigenvalue weighted by atomic mass is 16.5. The van der Waals surface area contributed by atoms with Crippen LogP contribution in [0.15, 0.2) is 36.4 Å². The molecule has 1 N–H and O–H groups in total. The lowest BCUT2D eigenvalue weighted by Crippen LogP contribution is -2.30. The maximum absolute atomic E-state index is 12.4. The van der Waals surface area contributed by atoms with Crippen LogP contribution in [-0.2, 0) is 4.79 Å². The van der Waals surface area contributed by atoms with Gasteiger partial charge in [-0.3, -0.25) is 4.79 Å². The number of anilines is 1. The predicted octanol–water partition coefficient (Wildman–Crippen LogP) is 6.01. The Labute approximate surface area is 208 Å². The third kappa shape index (κ3) is 5.02. The van der Waals surface area contributed by atoms with Crippen LogP contribution in [0, 0.1) is 26.7 Å². The number of carbonyl (C=O) groups excluding carboxylic acids is 1. The van der Waals surface area contributed by atoms with Crippen molar-refractivity contribution in [3.05, 3.63) is 64.5 Å². The molecule has 0 spiro atoms. The summed E-state index contributed by atoms with van der Waals surface area (Å²) >= 11 is 0. The molecule has 2 aromatic carbocycles. The van der Waals surface area contributed by atoms with Gasteiger partial charge in [-0.05, 0) is 75.3 Å². The van der Waals surface area contributed by atoms with Crippen LogP contribution in [0.5, 0.6) is 5.75 Å². The van der Waals surface area contributed by atoms with Crippen molar-refractivity contribution < 1.29 is 9.53 Å². The molecule has 1 aliphatic carbocycles. The highest BCUT2D eigenvalue weighted by Crippen LogP contribution is 2.39.